The fourth-order valence-corrected chi connectivity index (χ4v) is 3.92. The maximum absolute atomic E-state index is 11.6. The van der Waals surface area contributed by atoms with E-state index in [1.807, 2.05) is 11.8 Å². The van der Waals surface area contributed by atoms with E-state index in [0.29, 0.717) is 33.3 Å². The van der Waals surface area contributed by atoms with Gasteiger partial charge in [-0.2, -0.15) is 11.8 Å². The molecule has 0 heterocycles. The molecule has 0 radical (unpaired) electrons. The molecule has 1 saturated carbocycles. The molecule has 110 valence electrons. The van der Waals surface area contributed by atoms with Crippen molar-refractivity contribution in [1.82, 2.24) is 0 Å². The molecule has 1 aliphatic carbocycles. The van der Waals surface area contributed by atoms with Crippen molar-refractivity contribution >= 4 is 40.6 Å². The fraction of sp³-hybridized carbons (Fsp3) is 0.500. The Morgan fingerprint density at radius 1 is 1.40 bits per heavy atom. The van der Waals surface area contributed by atoms with Crippen LogP contribution in [0, 0.1) is 0 Å². The largest absolute Gasteiger partial charge is 0.399 e. The summed E-state index contributed by atoms with van der Waals surface area (Å²) >= 11 is 8.08. The lowest BCUT2D eigenvalue weighted by Crippen LogP contribution is -2.35. The van der Waals surface area contributed by atoms with Crippen LogP contribution < -0.4 is 16.8 Å². The maximum atomic E-state index is 11.6. The minimum absolute atomic E-state index is 0.304. The number of nitrogens with two attached hydrogens (primary N) is 2. The Kier molecular flexibility index (Phi) is 5.05. The Hall–Kier alpha value is -1.07. The van der Waals surface area contributed by atoms with Crippen LogP contribution in [-0.2, 0) is 0 Å². The summed E-state index contributed by atoms with van der Waals surface area (Å²) in [5.41, 5.74) is 12.6. The predicted molar refractivity (Wildman–Crippen MR) is 87.6 cm³/mol. The first kappa shape index (κ1) is 15.3. The second-order valence-electron chi connectivity index (χ2n) is 5.10. The number of halogens is 1. The molecule has 1 aromatic rings. The molecule has 4 nitrogen and oxygen atoms in total. The molecule has 0 spiro atoms. The summed E-state index contributed by atoms with van der Waals surface area (Å²) in [5, 5.41) is 4.39. The molecule has 0 saturated heterocycles. The van der Waals surface area contributed by atoms with Gasteiger partial charge < -0.3 is 16.8 Å². The summed E-state index contributed by atoms with van der Waals surface area (Å²) < 4.78 is 0. The van der Waals surface area contributed by atoms with Crippen LogP contribution >= 0.6 is 23.4 Å². The van der Waals surface area contributed by atoms with Crippen LogP contribution in [0.4, 0.5) is 11.4 Å². The molecule has 1 aliphatic rings. The summed E-state index contributed by atoms with van der Waals surface area (Å²) in [4.78, 5) is 11.6. The van der Waals surface area contributed by atoms with E-state index in [2.05, 4.69) is 11.6 Å². The van der Waals surface area contributed by atoms with Gasteiger partial charge in [0, 0.05) is 17.0 Å². The Bertz CT molecular complexity index is 509. The summed E-state index contributed by atoms with van der Waals surface area (Å²) in [6.07, 6.45) is 6.81. The van der Waals surface area contributed by atoms with E-state index in [0.717, 1.165) is 6.42 Å². The van der Waals surface area contributed by atoms with Crippen molar-refractivity contribution in [3.63, 3.8) is 0 Å². The minimum atomic E-state index is -0.516. The van der Waals surface area contributed by atoms with Gasteiger partial charge in [-0.15, -0.1) is 0 Å². The molecule has 1 fully saturated rings. The van der Waals surface area contributed by atoms with Gasteiger partial charge in [0.05, 0.1) is 16.3 Å². The quantitative estimate of drug-likeness (QED) is 0.746. The number of thioether (sulfide) groups is 1. The van der Waals surface area contributed by atoms with Crippen LogP contribution in [0.5, 0.6) is 0 Å². The first-order chi connectivity index (χ1) is 9.52. The summed E-state index contributed by atoms with van der Waals surface area (Å²) in [6.45, 7) is 0. The second kappa shape index (κ2) is 6.59. The molecule has 0 bridgehead atoms. The minimum Gasteiger partial charge on any atom is -0.399 e. The number of carbonyl (C=O) groups excluding carboxylic acids is 1. The Morgan fingerprint density at radius 2 is 2.10 bits per heavy atom. The number of nitrogen functional groups attached to an aromatic ring is 1. The lowest BCUT2D eigenvalue weighted by atomic mass is 9.94. The summed E-state index contributed by atoms with van der Waals surface area (Å²) in [5.74, 6) is -0.516. The van der Waals surface area contributed by atoms with Crippen LogP contribution in [0.3, 0.4) is 0 Å². The Morgan fingerprint density at radius 3 is 2.75 bits per heavy atom. The second-order valence-corrected chi connectivity index (χ2v) is 6.58. The number of hydrogen-bond donors (Lipinski definition) is 3. The Labute approximate surface area is 128 Å². The number of benzene rings is 1. The average molecular weight is 314 g/mol. The van der Waals surface area contributed by atoms with Crippen molar-refractivity contribution in [3.8, 4) is 0 Å². The monoisotopic (exact) mass is 313 g/mol. The number of anilines is 2. The van der Waals surface area contributed by atoms with Crippen molar-refractivity contribution in [2.45, 2.75) is 37.0 Å². The molecule has 0 aromatic heterocycles. The molecule has 2 unspecified atom stereocenters. The number of nitrogens with one attached hydrogen (secondary N) is 1. The highest BCUT2D eigenvalue weighted by molar-refractivity contribution is 7.99. The SMILES string of the molecule is CSC1CCCCC1Nc1c(Cl)cc(N)cc1C(N)=O. The number of primary amides is 1. The van der Waals surface area contributed by atoms with Crippen LogP contribution in [0.15, 0.2) is 12.1 Å². The number of hydrogen-bond acceptors (Lipinski definition) is 4. The molecule has 20 heavy (non-hydrogen) atoms. The maximum Gasteiger partial charge on any atom is 0.250 e. The van der Waals surface area contributed by atoms with Crippen molar-refractivity contribution in [3.05, 3.63) is 22.7 Å². The van der Waals surface area contributed by atoms with E-state index in [1.54, 1.807) is 12.1 Å². The van der Waals surface area contributed by atoms with Gasteiger partial charge >= 0.3 is 0 Å². The first-order valence-corrected chi connectivity index (χ1v) is 8.37. The molecule has 1 amide bonds. The van der Waals surface area contributed by atoms with Gasteiger partial charge in [0.2, 0.25) is 0 Å². The van der Waals surface area contributed by atoms with Gasteiger partial charge in [-0.3, -0.25) is 4.79 Å². The van der Waals surface area contributed by atoms with E-state index in [4.69, 9.17) is 23.1 Å². The van der Waals surface area contributed by atoms with Gasteiger partial charge in [0.15, 0.2) is 0 Å². The van der Waals surface area contributed by atoms with E-state index < -0.39 is 5.91 Å². The van der Waals surface area contributed by atoms with Crippen LogP contribution in [0.2, 0.25) is 5.02 Å². The smallest absolute Gasteiger partial charge is 0.250 e. The standard InChI is InChI=1S/C14H20ClN3OS/c1-20-12-5-3-2-4-11(12)18-13-9(14(17)19)6-8(16)7-10(13)15/h6-7,11-12,18H,2-5,16H2,1H3,(H2,17,19). The van der Waals surface area contributed by atoms with E-state index in [1.165, 1.54) is 19.3 Å². The highest BCUT2D eigenvalue weighted by Gasteiger charge is 2.26. The third-order valence-corrected chi connectivity index (χ3v) is 5.18. The van der Waals surface area contributed by atoms with E-state index in [9.17, 15) is 4.79 Å². The normalized spacial score (nSPS) is 22.5. The fourth-order valence-electron chi connectivity index (χ4n) is 2.70. The predicted octanol–water partition coefficient (Wildman–Crippen LogP) is 3.11. The molecule has 2 atom stereocenters. The van der Waals surface area contributed by atoms with Crippen molar-refractivity contribution in [2.24, 2.45) is 5.73 Å². The van der Waals surface area contributed by atoms with E-state index >= 15 is 0 Å². The first-order valence-electron chi connectivity index (χ1n) is 6.71. The molecule has 1 aromatic carbocycles. The summed E-state index contributed by atoms with van der Waals surface area (Å²) in [7, 11) is 0. The number of carbonyl (C=O) groups is 1. The van der Waals surface area contributed by atoms with Gasteiger partial charge in [-0.1, -0.05) is 24.4 Å². The topological polar surface area (TPSA) is 81.1 Å². The van der Waals surface area contributed by atoms with Crippen LogP contribution in [-0.4, -0.2) is 23.5 Å². The van der Waals surface area contributed by atoms with E-state index in [-0.39, 0.29) is 0 Å². The van der Waals surface area contributed by atoms with Crippen LogP contribution in [0.1, 0.15) is 36.0 Å². The zero-order valence-corrected chi connectivity index (χ0v) is 13.1. The van der Waals surface area contributed by atoms with Crippen molar-refractivity contribution < 1.29 is 4.79 Å². The number of rotatable bonds is 4. The lowest BCUT2D eigenvalue weighted by molar-refractivity contribution is 0.100. The van der Waals surface area contributed by atoms with Gasteiger partial charge in [0.1, 0.15) is 0 Å². The molecule has 0 aliphatic heterocycles. The van der Waals surface area contributed by atoms with Gasteiger partial charge in [0.25, 0.3) is 5.91 Å². The zero-order valence-electron chi connectivity index (χ0n) is 11.5. The van der Waals surface area contributed by atoms with Crippen molar-refractivity contribution in [2.75, 3.05) is 17.3 Å². The third-order valence-electron chi connectivity index (χ3n) is 3.71. The van der Waals surface area contributed by atoms with Crippen LogP contribution in [0.25, 0.3) is 0 Å². The molecule has 5 N–H and O–H groups in total. The molecule has 2 rings (SSSR count). The third kappa shape index (κ3) is 3.33. The highest BCUT2D eigenvalue weighted by Crippen LogP contribution is 2.34. The molecular formula is C14H20ClN3OS. The molecule has 6 heteroatoms. The zero-order chi connectivity index (χ0) is 14.7. The van der Waals surface area contributed by atoms with Crippen molar-refractivity contribution in [1.29, 1.82) is 0 Å². The Balaban J connectivity index is 2.30. The number of amides is 1. The van der Waals surface area contributed by atoms with Gasteiger partial charge in [-0.05, 0) is 31.2 Å². The molecular weight excluding hydrogens is 294 g/mol. The highest BCUT2D eigenvalue weighted by atomic mass is 35.5. The lowest BCUT2D eigenvalue weighted by Gasteiger charge is -2.32. The average Bonchev–Trinajstić information content (AvgIpc) is 2.41. The summed E-state index contributed by atoms with van der Waals surface area (Å²) in [6, 6.07) is 3.53. The van der Waals surface area contributed by atoms with Gasteiger partial charge in [-0.25, -0.2) is 0 Å².